The first-order valence-corrected chi connectivity index (χ1v) is 11.6. The molecule has 0 spiro atoms. The van der Waals surface area contributed by atoms with E-state index in [-0.39, 0.29) is 23.2 Å². The number of urea groups is 2. The van der Waals surface area contributed by atoms with Gasteiger partial charge in [0, 0.05) is 13.1 Å². The first-order chi connectivity index (χ1) is 17.3. The van der Waals surface area contributed by atoms with Gasteiger partial charge in [0.15, 0.2) is 0 Å². The number of hydrogen-bond donors (Lipinski definition) is 8. The molecule has 1 aliphatic carbocycles. The average molecular weight is 499 g/mol. The summed E-state index contributed by atoms with van der Waals surface area (Å²) in [5.41, 5.74) is 11.9. The van der Waals surface area contributed by atoms with E-state index in [1.807, 2.05) is 0 Å². The average Bonchev–Trinajstić information content (AvgIpc) is 2.89. The molecule has 192 valence electrons. The molecule has 0 heterocycles. The van der Waals surface area contributed by atoms with E-state index in [0.717, 1.165) is 25.7 Å². The van der Waals surface area contributed by atoms with Gasteiger partial charge in [-0.1, -0.05) is 6.42 Å². The molecule has 12 nitrogen and oxygen atoms in total. The van der Waals surface area contributed by atoms with Gasteiger partial charge >= 0.3 is 24.0 Å². The molecular weight excluding hydrogens is 468 g/mol. The van der Waals surface area contributed by atoms with Crippen LogP contribution in [0.2, 0.25) is 0 Å². The number of carbonyl (C=O) groups is 4. The highest BCUT2D eigenvalue weighted by molar-refractivity contribution is 5.88. The standard InChI is InChI=1S/C24H30N6O6/c31-21(32)17-4-8-19(9-5-17)27-29-23(35)25-13-15-2-1-3-16(12-15)14-26-24(36)30-28-20-10-6-18(7-11-20)22(33)34/h4-11,15-16,27-28H,1-3,12-14H2,(H,31,32)(H,33,34)(H2,25,29,35)(H2,26,30,36). The highest BCUT2D eigenvalue weighted by Crippen LogP contribution is 2.28. The second-order valence-electron chi connectivity index (χ2n) is 8.58. The number of nitrogens with one attached hydrogen (secondary N) is 6. The summed E-state index contributed by atoms with van der Waals surface area (Å²) < 4.78 is 0. The number of aromatic carboxylic acids is 2. The molecule has 0 aliphatic heterocycles. The van der Waals surface area contributed by atoms with Crippen LogP contribution in [0.3, 0.4) is 0 Å². The Bertz CT molecular complexity index is 976. The van der Waals surface area contributed by atoms with Gasteiger partial charge in [0.25, 0.3) is 0 Å². The van der Waals surface area contributed by atoms with Crippen molar-refractivity contribution in [2.45, 2.75) is 25.7 Å². The lowest BCUT2D eigenvalue weighted by atomic mass is 9.81. The smallest absolute Gasteiger partial charge is 0.335 e. The Morgan fingerprint density at radius 2 is 1.06 bits per heavy atom. The van der Waals surface area contributed by atoms with Crippen LogP contribution in [0.1, 0.15) is 46.4 Å². The van der Waals surface area contributed by atoms with Crippen molar-refractivity contribution in [2.75, 3.05) is 23.9 Å². The van der Waals surface area contributed by atoms with Gasteiger partial charge in [-0.05, 0) is 79.6 Å². The van der Waals surface area contributed by atoms with Crippen LogP contribution in [0.5, 0.6) is 0 Å². The molecule has 1 saturated carbocycles. The number of carboxylic acid groups (broad SMARTS) is 2. The summed E-state index contributed by atoms with van der Waals surface area (Å²) in [5.74, 6) is -1.45. The fourth-order valence-corrected chi connectivity index (χ4v) is 3.99. The van der Waals surface area contributed by atoms with Crippen LogP contribution in [-0.2, 0) is 0 Å². The molecule has 0 aromatic heterocycles. The van der Waals surface area contributed by atoms with Crippen molar-refractivity contribution in [1.82, 2.24) is 21.5 Å². The van der Waals surface area contributed by atoms with Gasteiger partial charge in [0.05, 0.1) is 22.5 Å². The molecule has 0 radical (unpaired) electrons. The van der Waals surface area contributed by atoms with E-state index < -0.39 is 11.9 Å². The molecule has 2 aromatic rings. The quantitative estimate of drug-likeness (QED) is 0.230. The molecule has 12 heteroatoms. The van der Waals surface area contributed by atoms with Crippen molar-refractivity contribution < 1.29 is 29.4 Å². The zero-order chi connectivity index (χ0) is 25.9. The molecule has 4 amide bonds. The largest absolute Gasteiger partial charge is 0.478 e. The maximum absolute atomic E-state index is 12.1. The maximum atomic E-state index is 12.1. The third kappa shape index (κ3) is 8.38. The molecule has 8 N–H and O–H groups in total. The van der Waals surface area contributed by atoms with Crippen LogP contribution in [0, 0.1) is 11.8 Å². The number of amides is 4. The summed E-state index contributed by atoms with van der Waals surface area (Å²) in [6.07, 6.45) is 3.85. The summed E-state index contributed by atoms with van der Waals surface area (Å²) in [6.45, 7) is 1.00. The molecule has 2 unspecified atom stereocenters. The lowest BCUT2D eigenvalue weighted by Crippen LogP contribution is -2.43. The monoisotopic (exact) mass is 498 g/mol. The highest BCUT2D eigenvalue weighted by Gasteiger charge is 2.23. The molecule has 2 aromatic carbocycles. The Labute approximate surface area is 207 Å². The minimum Gasteiger partial charge on any atom is -0.478 e. The normalized spacial score (nSPS) is 16.8. The summed E-state index contributed by atoms with van der Waals surface area (Å²) >= 11 is 0. The van der Waals surface area contributed by atoms with Gasteiger partial charge in [-0.25, -0.2) is 19.2 Å². The second kappa shape index (κ2) is 12.8. The number of hydrazine groups is 2. The topological polar surface area (TPSA) is 181 Å². The van der Waals surface area contributed by atoms with E-state index in [1.54, 1.807) is 24.3 Å². The summed E-state index contributed by atoms with van der Waals surface area (Å²) in [5, 5.41) is 23.5. The maximum Gasteiger partial charge on any atom is 0.335 e. The van der Waals surface area contributed by atoms with E-state index in [9.17, 15) is 19.2 Å². The Hall–Kier alpha value is -4.48. The van der Waals surface area contributed by atoms with Crippen molar-refractivity contribution in [2.24, 2.45) is 11.8 Å². The SMILES string of the molecule is O=C(NCC1CCCC(CNC(=O)NNc2ccc(C(=O)O)cc2)C1)NNc1ccc(C(=O)O)cc1. The number of benzene rings is 2. The summed E-state index contributed by atoms with van der Waals surface area (Å²) in [4.78, 5) is 45.9. The third-order valence-corrected chi connectivity index (χ3v) is 5.90. The van der Waals surface area contributed by atoms with Crippen molar-refractivity contribution in [3.8, 4) is 0 Å². The van der Waals surface area contributed by atoms with E-state index in [2.05, 4.69) is 32.3 Å². The Balaban J connectivity index is 1.31. The number of carbonyl (C=O) groups excluding carboxylic acids is 2. The van der Waals surface area contributed by atoms with E-state index in [1.165, 1.54) is 24.3 Å². The molecule has 0 bridgehead atoms. The van der Waals surface area contributed by atoms with Gasteiger partial charge in [-0.3, -0.25) is 21.7 Å². The number of carboxylic acids is 2. The summed E-state index contributed by atoms with van der Waals surface area (Å²) in [6, 6.07) is 11.2. The predicted molar refractivity (Wildman–Crippen MR) is 133 cm³/mol. The number of rotatable bonds is 10. The second-order valence-corrected chi connectivity index (χ2v) is 8.58. The molecule has 0 saturated heterocycles. The number of anilines is 2. The van der Waals surface area contributed by atoms with E-state index in [0.29, 0.717) is 36.3 Å². The van der Waals surface area contributed by atoms with Crippen molar-refractivity contribution in [1.29, 1.82) is 0 Å². The predicted octanol–water partition coefficient (Wildman–Crippen LogP) is 2.84. The zero-order valence-electron chi connectivity index (χ0n) is 19.5. The molecule has 1 fully saturated rings. The number of hydrogen-bond acceptors (Lipinski definition) is 6. The minimum absolute atomic E-state index is 0.160. The molecule has 1 aliphatic rings. The van der Waals surface area contributed by atoms with Crippen LogP contribution in [0.4, 0.5) is 21.0 Å². The molecular formula is C24H30N6O6. The van der Waals surface area contributed by atoms with Crippen LogP contribution >= 0.6 is 0 Å². The molecule has 3 rings (SSSR count). The third-order valence-electron chi connectivity index (χ3n) is 5.90. The zero-order valence-corrected chi connectivity index (χ0v) is 19.5. The summed E-state index contributed by atoms with van der Waals surface area (Å²) in [7, 11) is 0. The Kier molecular flexibility index (Phi) is 9.32. The van der Waals surface area contributed by atoms with Gasteiger partial charge in [0.1, 0.15) is 0 Å². The van der Waals surface area contributed by atoms with Crippen LogP contribution in [0.25, 0.3) is 0 Å². The van der Waals surface area contributed by atoms with Crippen molar-refractivity contribution in [3.63, 3.8) is 0 Å². The van der Waals surface area contributed by atoms with Crippen LogP contribution in [-0.4, -0.2) is 47.3 Å². The molecule has 36 heavy (non-hydrogen) atoms. The first-order valence-electron chi connectivity index (χ1n) is 11.6. The Morgan fingerprint density at radius 1 is 0.667 bits per heavy atom. The highest BCUT2D eigenvalue weighted by atomic mass is 16.4. The van der Waals surface area contributed by atoms with Gasteiger partial charge in [0.2, 0.25) is 0 Å². The van der Waals surface area contributed by atoms with Gasteiger partial charge in [-0.15, -0.1) is 0 Å². The first kappa shape index (κ1) is 26.1. The lowest BCUT2D eigenvalue weighted by Gasteiger charge is -2.29. The lowest BCUT2D eigenvalue weighted by molar-refractivity contribution is 0.0686. The van der Waals surface area contributed by atoms with E-state index in [4.69, 9.17) is 10.2 Å². The van der Waals surface area contributed by atoms with Gasteiger partial charge in [-0.2, -0.15) is 0 Å². The van der Waals surface area contributed by atoms with E-state index >= 15 is 0 Å². The van der Waals surface area contributed by atoms with Crippen molar-refractivity contribution >= 4 is 35.4 Å². The molecule has 2 atom stereocenters. The van der Waals surface area contributed by atoms with Gasteiger partial charge < -0.3 is 20.8 Å². The fourth-order valence-electron chi connectivity index (χ4n) is 3.99. The minimum atomic E-state index is -1.02. The van der Waals surface area contributed by atoms with Crippen LogP contribution < -0.4 is 32.3 Å². The van der Waals surface area contributed by atoms with Crippen LogP contribution in [0.15, 0.2) is 48.5 Å². The fraction of sp³-hybridized carbons (Fsp3) is 0.333. The van der Waals surface area contributed by atoms with Crippen molar-refractivity contribution in [3.05, 3.63) is 59.7 Å². The Morgan fingerprint density at radius 3 is 1.42 bits per heavy atom.